The standard InChI is InChI=1S/C7H13N/c1-5(2)6(3)7(4)8/h5,8H,3H2,1-2,4H3. The van der Waals surface area contributed by atoms with Gasteiger partial charge in [-0.05, 0) is 18.4 Å². The second kappa shape index (κ2) is 2.65. The Morgan fingerprint density at radius 1 is 1.50 bits per heavy atom. The van der Waals surface area contributed by atoms with Crippen molar-refractivity contribution in [2.24, 2.45) is 5.92 Å². The van der Waals surface area contributed by atoms with Crippen LogP contribution in [0.5, 0.6) is 0 Å². The molecule has 0 aromatic heterocycles. The van der Waals surface area contributed by atoms with Gasteiger partial charge in [0.1, 0.15) is 0 Å². The van der Waals surface area contributed by atoms with E-state index in [0.717, 1.165) is 5.57 Å². The minimum atomic E-state index is 0.424. The van der Waals surface area contributed by atoms with Crippen molar-refractivity contribution in [3.8, 4) is 0 Å². The maximum absolute atomic E-state index is 7.13. The molecule has 0 radical (unpaired) electrons. The lowest BCUT2D eigenvalue weighted by Gasteiger charge is -2.04. The quantitative estimate of drug-likeness (QED) is 0.528. The Kier molecular flexibility index (Phi) is 2.46. The van der Waals surface area contributed by atoms with E-state index in [1.807, 2.05) is 13.8 Å². The lowest BCUT2D eigenvalue weighted by atomic mass is 10.0. The summed E-state index contributed by atoms with van der Waals surface area (Å²) in [5, 5.41) is 7.13. The third-order valence-corrected chi connectivity index (χ3v) is 1.18. The van der Waals surface area contributed by atoms with Gasteiger partial charge in [-0.15, -0.1) is 0 Å². The number of allylic oxidation sites excluding steroid dienone is 1. The molecule has 46 valence electrons. The first kappa shape index (κ1) is 7.41. The van der Waals surface area contributed by atoms with Gasteiger partial charge in [-0.25, -0.2) is 0 Å². The summed E-state index contributed by atoms with van der Waals surface area (Å²) in [6.45, 7) is 9.58. The van der Waals surface area contributed by atoms with E-state index in [1.165, 1.54) is 0 Å². The summed E-state index contributed by atoms with van der Waals surface area (Å²) < 4.78 is 0. The summed E-state index contributed by atoms with van der Waals surface area (Å²) in [5.74, 6) is 0.424. The fourth-order valence-corrected chi connectivity index (χ4v) is 0.433. The fraction of sp³-hybridized carbons (Fsp3) is 0.571. The van der Waals surface area contributed by atoms with Gasteiger partial charge < -0.3 is 5.41 Å². The molecule has 0 saturated heterocycles. The molecule has 0 amide bonds. The molecular formula is C7H13N. The third-order valence-electron chi connectivity index (χ3n) is 1.18. The van der Waals surface area contributed by atoms with E-state index in [4.69, 9.17) is 5.41 Å². The van der Waals surface area contributed by atoms with Crippen molar-refractivity contribution in [3.05, 3.63) is 12.2 Å². The molecule has 0 bridgehead atoms. The van der Waals surface area contributed by atoms with Gasteiger partial charge in [-0.1, -0.05) is 20.4 Å². The maximum Gasteiger partial charge on any atom is 0.0311 e. The zero-order chi connectivity index (χ0) is 6.73. The average Bonchev–Trinajstić information content (AvgIpc) is 1.64. The molecule has 1 heteroatoms. The van der Waals surface area contributed by atoms with Gasteiger partial charge in [0.05, 0.1) is 0 Å². The van der Waals surface area contributed by atoms with Crippen LogP contribution in [0.25, 0.3) is 0 Å². The fourth-order valence-electron chi connectivity index (χ4n) is 0.433. The second-order valence-electron chi connectivity index (χ2n) is 2.30. The van der Waals surface area contributed by atoms with Crippen molar-refractivity contribution in [1.82, 2.24) is 0 Å². The monoisotopic (exact) mass is 111 g/mol. The molecular weight excluding hydrogens is 98.1 g/mol. The second-order valence-corrected chi connectivity index (χ2v) is 2.30. The van der Waals surface area contributed by atoms with Crippen LogP contribution in [0.1, 0.15) is 20.8 Å². The number of nitrogens with one attached hydrogen (secondary N) is 1. The molecule has 0 aromatic carbocycles. The minimum absolute atomic E-state index is 0.424. The van der Waals surface area contributed by atoms with Gasteiger partial charge in [0.25, 0.3) is 0 Å². The Balaban J connectivity index is 3.84. The van der Waals surface area contributed by atoms with Crippen molar-refractivity contribution >= 4 is 5.71 Å². The molecule has 0 saturated carbocycles. The highest BCUT2D eigenvalue weighted by Crippen LogP contribution is 2.06. The molecule has 1 N–H and O–H groups in total. The van der Waals surface area contributed by atoms with Crippen molar-refractivity contribution in [3.63, 3.8) is 0 Å². The smallest absolute Gasteiger partial charge is 0.0311 e. The number of hydrogen-bond donors (Lipinski definition) is 1. The van der Waals surface area contributed by atoms with E-state index in [-0.39, 0.29) is 0 Å². The minimum Gasteiger partial charge on any atom is -0.305 e. The van der Waals surface area contributed by atoms with Gasteiger partial charge in [0.2, 0.25) is 0 Å². The zero-order valence-corrected chi connectivity index (χ0v) is 5.78. The molecule has 0 spiro atoms. The molecule has 0 aromatic rings. The number of rotatable bonds is 2. The van der Waals surface area contributed by atoms with E-state index in [0.29, 0.717) is 11.6 Å². The maximum atomic E-state index is 7.13. The van der Waals surface area contributed by atoms with Crippen LogP contribution < -0.4 is 0 Å². The van der Waals surface area contributed by atoms with Crippen LogP contribution in [0.4, 0.5) is 0 Å². The highest BCUT2D eigenvalue weighted by Gasteiger charge is 1.99. The topological polar surface area (TPSA) is 23.9 Å². The van der Waals surface area contributed by atoms with Gasteiger partial charge >= 0.3 is 0 Å². The summed E-state index contributed by atoms with van der Waals surface area (Å²) in [7, 11) is 0. The Morgan fingerprint density at radius 2 is 1.88 bits per heavy atom. The van der Waals surface area contributed by atoms with E-state index in [9.17, 15) is 0 Å². The van der Waals surface area contributed by atoms with E-state index in [1.54, 1.807) is 6.92 Å². The number of hydrogen-bond acceptors (Lipinski definition) is 1. The highest BCUT2D eigenvalue weighted by atomic mass is 14.4. The van der Waals surface area contributed by atoms with Crippen molar-refractivity contribution in [2.75, 3.05) is 0 Å². The predicted octanol–water partition coefficient (Wildman–Crippen LogP) is 2.24. The van der Waals surface area contributed by atoms with Crippen LogP contribution >= 0.6 is 0 Å². The Bertz CT molecular complexity index is 112. The van der Waals surface area contributed by atoms with Crippen molar-refractivity contribution < 1.29 is 0 Å². The average molecular weight is 111 g/mol. The lowest BCUT2D eigenvalue weighted by Crippen LogP contribution is -2.00. The first-order chi connectivity index (χ1) is 3.55. The van der Waals surface area contributed by atoms with E-state index < -0.39 is 0 Å². The van der Waals surface area contributed by atoms with Gasteiger partial charge in [0, 0.05) is 5.71 Å². The molecule has 1 nitrogen and oxygen atoms in total. The first-order valence-corrected chi connectivity index (χ1v) is 2.80. The molecule has 0 aliphatic carbocycles. The van der Waals surface area contributed by atoms with E-state index in [2.05, 4.69) is 6.58 Å². The summed E-state index contributed by atoms with van der Waals surface area (Å²) in [4.78, 5) is 0. The van der Waals surface area contributed by atoms with E-state index >= 15 is 0 Å². The molecule has 0 aliphatic rings. The summed E-state index contributed by atoms with van der Waals surface area (Å²) in [5.41, 5.74) is 1.53. The first-order valence-electron chi connectivity index (χ1n) is 2.80. The molecule has 0 atom stereocenters. The van der Waals surface area contributed by atoms with Crippen LogP contribution in [-0.4, -0.2) is 5.71 Å². The normalized spacial score (nSPS) is 9.50. The summed E-state index contributed by atoms with van der Waals surface area (Å²) >= 11 is 0. The Labute approximate surface area is 50.9 Å². The summed E-state index contributed by atoms with van der Waals surface area (Å²) in [6.07, 6.45) is 0. The van der Waals surface area contributed by atoms with Gasteiger partial charge in [-0.3, -0.25) is 0 Å². The van der Waals surface area contributed by atoms with Crippen LogP contribution in [0.2, 0.25) is 0 Å². The molecule has 0 unspecified atom stereocenters. The summed E-state index contributed by atoms with van der Waals surface area (Å²) in [6, 6.07) is 0. The molecule has 0 heterocycles. The van der Waals surface area contributed by atoms with Crippen molar-refractivity contribution in [1.29, 1.82) is 5.41 Å². The van der Waals surface area contributed by atoms with Crippen LogP contribution in [-0.2, 0) is 0 Å². The lowest BCUT2D eigenvalue weighted by molar-refractivity contribution is 0.804. The SMILES string of the molecule is C=C(C(C)=N)C(C)C. The van der Waals surface area contributed by atoms with Crippen LogP contribution in [0.15, 0.2) is 12.2 Å². The zero-order valence-electron chi connectivity index (χ0n) is 5.78. The predicted molar refractivity (Wildman–Crippen MR) is 37.4 cm³/mol. The highest BCUT2D eigenvalue weighted by molar-refractivity contribution is 5.95. The molecule has 0 aliphatic heterocycles. The molecule has 0 rings (SSSR count). The van der Waals surface area contributed by atoms with Gasteiger partial charge in [0.15, 0.2) is 0 Å². The largest absolute Gasteiger partial charge is 0.305 e. The molecule has 8 heavy (non-hydrogen) atoms. The molecule has 0 fully saturated rings. The Morgan fingerprint density at radius 3 is 1.88 bits per heavy atom. The van der Waals surface area contributed by atoms with Gasteiger partial charge in [-0.2, -0.15) is 0 Å². The van der Waals surface area contributed by atoms with Crippen molar-refractivity contribution in [2.45, 2.75) is 20.8 Å². The van der Waals surface area contributed by atoms with Crippen LogP contribution in [0.3, 0.4) is 0 Å². The van der Waals surface area contributed by atoms with Crippen LogP contribution in [0, 0.1) is 11.3 Å². The Hall–Kier alpha value is -0.590. The third kappa shape index (κ3) is 1.92.